The van der Waals surface area contributed by atoms with Crippen LogP contribution in [0.4, 0.5) is 0 Å². The van der Waals surface area contributed by atoms with Crippen LogP contribution in [0.1, 0.15) is 21.5 Å². The van der Waals surface area contributed by atoms with Crippen molar-refractivity contribution in [3.63, 3.8) is 0 Å². The molecule has 1 fully saturated rings. The Morgan fingerprint density at radius 2 is 1.96 bits per heavy atom. The summed E-state index contributed by atoms with van der Waals surface area (Å²) in [7, 11) is 1.53. The van der Waals surface area contributed by atoms with Gasteiger partial charge in [-0.25, -0.2) is 4.79 Å². The number of carbonyl (C=O) groups excluding carboxylic acids is 1. The average Bonchev–Trinajstić information content (AvgIpc) is 2.97. The summed E-state index contributed by atoms with van der Waals surface area (Å²) < 4.78 is 11.6. The van der Waals surface area contributed by atoms with Crippen molar-refractivity contribution in [1.29, 1.82) is 0 Å². The molecule has 1 amide bonds. The molecule has 0 saturated carbocycles. The van der Waals surface area contributed by atoms with Crippen LogP contribution in [0.25, 0.3) is 6.08 Å². The molecule has 0 aromatic heterocycles. The fourth-order valence-electron chi connectivity index (χ4n) is 2.37. The number of benzene rings is 2. The maximum Gasteiger partial charge on any atom is 0.335 e. The van der Waals surface area contributed by atoms with E-state index in [-0.39, 0.29) is 18.1 Å². The van der Waals surface area contributed by atoms with E-state index in [0.29, 0.717) is 20.7 Å². The second-order valence-corrected chi connectivity index (χ2v) is 7.27. The predicted molar refractivity (Wildman–Crippen MR) is 107 cm³/mol. The number of thiocarbonyl (C=S) groups is 1. The predicted octanol–water partition coefficient (Wildman–Crippen LogP) is 3.46. The Hall–Kier alpha value is -2.84. The molecule has 0 atom stereocenters. The van der Waals surface area contributed by atoms with Gasteiger partial charge in [0.25, 0.3) is 5.91 Å². The monoisotopic (exact) mass is 401 g/mol. The molecular formula is C19H15NO5S2. The Labute approximate surface area is 165 Å². The van der Waals surface area contributed by atoms with Crippen molar-refractivity contribution in [3.8, 4) is 11.5 Å². The molecule has 1 heterocycles. The molecule has 27 heavy (non-hydrogen) atoms. The van der Waals surface area contributed by atoms with Crippen LogP contribution < -0.4 is 14.8 Å². The fraction of sp³-hybridized carbons (Fsp3) is 0.105. The average molecular weight is 401 g/mol. The van der Waals surface area contributed by atoms with Crippen LogP contribution >= 0.6 is 24.0 Å². The van der Waals surface area contributed by atoms with Crippen LogP contribution in [0, 0.1) is 0 Å². The van der Waals surface area contributed by atoms with Gasteiger partial charge in [-0.2, -0.15) is 0 Å². The van der Waals surface area contributed by atoms with Crippen LogP contribution in [-0.2, 0) is 11.4 Å². The third-order valence-electron chi connectivity index (χ3n) is 3.72. The number of carbonyl (C=O) groups is 2. The second kappa shape index (κ2) is 8.24. The number of nitrogens with one attached hydrogen (secondary N) is 1. The highest BCUT2D eigenvalue weighted by Gasteiger charge is 2.22. The quantitative estimate of drug-likeness (QED) is 0.566. The van der Waals surface area contributed by atoms with Gasteiger partial charge in [-0.3, -0.25) is 4.79 Å². The lowest BCUT2D eigenvalue weighted by Gasteiger charge is -2.11. The Bertz CT molecular complexity index is 938. The minimum absolute atomic E-state index is 0.214. The zero-order chi connectivity index (χ0) is 19.4. The summed E-state index contributed by atoms with van der Waals surface area (Å²) in [6, 6.07) is 11.8. The maximum absolute atomic E-state index is 11.8. The van der Waals surface area contributed by atoms with Gasteiger partial charge in [-0.05, 0) is 41.5 Å². The van der Waals surface area contributed by atoms with E-state index in [2.05, 4.69) is 5.32 Å². The van der Waals surface area contributed by atoms with Crippen LogP contribution in [0.15, 0.2) is 47.4 Å². The van der Waals surface area contributed by atoms with E-state index < -0.39 is 5.97 Å². The first kappa shape index (κ1) is 18.9. The van der Waals surface area contributed by atoms with E-state index in [1.54, 1.807) is 30.3 Å². The highest BCUT2D eigenvalue weighted by atomic mass is 32.2. The lowest BCUT2D eigenvalue weighted by molar-refractivity contribution is -0.115. The number of thioether (sulfide) groups is 1. The number of hydrogen-bond acceptors (Lipinski definition) is 6. The molecule has 8 heteroatoms. The molecule has 3 rings (SSSR count). The SMILES string of the molecule is COc1cc(/C=C2\SC(=S)NC2=O)ccc1OCc1ccc(C(=O)O)cc1. The van der Waals surface area contributed by atoms with E-state index in [4.69, 9.17) is 26.8 Å². The summed E-state index contributed by atoms with van der Waals surface area (Å²) in [4.78, 5) is 23.2. The van der Waals surface area contributed by atoms with Gasteiger partial charge >= 0.3 is 5.97 Å². The van der Waals surface area contributed by atoms with Gasteiger partial charge in [0.2, 0.25) is 0 Å². The number of amides is 1. The van der Waals surface area contributed by atoms with E-state index in [1.807, 2.05) is 6.07 Å². The minimum Gasteiger partial charge on any atom is -0.493 e. The summed E-state index contributed by atoms with van der Waals surface area (Å²) in [5.74, 6) is -0.115. The molecule has 0 spiro atoms. The summed E-state index contributed by atoms with van der Waals surface area (Å²) in [5.41, 5.74) is 1.84. The summed E-state index contributed by atoms with van der Waals surface area (Å²) >= 11 is 6.19. The second-order valence-electron chi connectivity index (χ2n) is 5.55. The summed E-state index contributed by atoms with van der Waals surface area (Å²) in [5, 5.41) is 11.5. The van der Waals surface area contributed by atoms with E-state index in [9.17, 15) is 9.59 Å². The highest BCUT2D eigenvalue weighted by Crippen LogP contribution is 2.32. The van der Waals surface area contributed by atoms with Gasteiger partial charge < -0.3 is 19.9 Å². The van der Waals surface area contributed by atoms with E-state index >= 15 is 0 Å². The zero-order valence-corrected chi connectivity index (χ0v) is 15.9. The van der Waals surface area contributed by atoms with Crippen molar-refractivity contribution in [1.82, 2.24) is 5.32 Å². The Kier molecular flexibility index (Phi) is 5.78. The Morgan fingerprint density at radius 3 is 2.56 bits per heavy atom. The van der Waals surface area contributed by atoms with Crippen LogP contribution in [0.5, 0.6) is 11.5 Å². The van der Waals surface area contributed by atoms with Crippen LogP contribution in [-0.4, -0.2) is 28.4 Å². The van der Waals surface area contributed by atoms with Crippen LogP contribution in [0.2, 0.25) is 0 Å². The summed E-state index contributed by atoms with van der Waals surface area (Å²) in [6.45, 7) is 0.267. The normalized spacial score (nSPS) is 14.9. The van der Waals surface area contributed by atoms with Gasteiger partial charge in [0.15, 0.2) is 11.5 Å². The Balaban J connectivity index is 1.73. The zero-order valence-electron chi connectivity index (χ0n) is 14.2. The van der Waals surface area contributed by atoms with E-state index in [0.717, 1.165) is 11.1 Å². The van der Waals surface area contributed by atoms with Gasteiger partial charge in [-0.15, -0.1) is 0 Å². The third-order valence-corrected chi connectivity index (χ3v) is 4.89. The lowest BCUT2D eigenvalue weighted by Crippen LogP contribution is -2.17. The molecule has 1 aliphatic rings. The number of hydrogen-bond donors (Lipinski definition) is 2. The first-order valence-corrected chi connectivity index (χ1v) is 9.06. The third kappa shape index (κ3) is 4.66. The van der Waals surface area contributed by atoms with Gasteiger partial charge in [0.1, 0.15) is 10.9 Å². The van der Waals surface area contributed by atoms with E-state index in [1.165, 1.54) is 31.0 Å². The van der Waals surface area contributed by atoms with Crippen molar-refractivity contribution in [2.24, 2.45) is 0 Å². The first-order valence-electron chi connectivity index (χ1n) is 7.84. The van der Waals surface area contributed by atoms with Gasteiger partial charge in [0.05, 0.1) is 17.6 Å². The smallest absolute Gasteiger partial charge is 0.335 e. The standard InChI is InChI=1S/C19H15NO5S2/c1-24-15-8-12(9-16-17(21)20-19(26)27-16)4-7-14(15)25-10-11-2-5-13(6-3-11)18(22)23/h2-9H,10H2,1H3,(H,22,23)(H,20,21,26)/b16-9-. The molecule has 2 aromatic rings. The number of methoxy groups -OCH3 is 1. The van der Waals surface area contributed by atoms with Gasteiger partial charge in [-0.1, -0.05) is 42.2 Å². The largest absolute Gasteiger partial charge is 0.493 e. The van der Waals surface area contributed by atoms with Crippen molar-refractivity contribution < 1.29 is 24.2 Å². The number of carboxylic acid groups (broad SMARTS) is 1. The molecule has 1 aliphatic heterocycles. The topological polar surface area (TPSA) is 84.9 Å². The van der Waals surface area contributed by atoms with Crippen molar-refractivity contribution in [2.75, 3.05) is 7.11 Å². The minimum atomic E-state index is -0.969. The molecule has 1 saturated heterocycles. The lowest BCUT2D eigenvalue weighted by atomic mass is 10.1. The number of ether oxygens (including phenoxy) is 2. The highest BCUT2D eigenvalue weighted by molar-refractivity contribution is 8.26. The molecule has 2 N–H and O–H groups in total. The number of carboxylic acids is 1. The molecule has 0 bridgehead atoms. The summed E-state index contributed by atoms with van der Waals surface area (Å²) in [6.07, 6.45) is 1.73. The number of rotatable bonds is 6. The molecular weight excluding hydrogens is 386 g/mol. The molecule has 0 aliphatic carbocycles. The molecule has 0 unspecified atom stereocenters. The number of aromatic carboxylic acids is 1. The molecule has 138 valence electrons. The first-order chi connectivity index (χ1) is 13.0. The molecule has 6 nitrogen and oxygen atoms in total. The fourth-order valence-corrected chi connectivity index (χ4v) is 3.41. The van der Waals surface area contributed by atoms with Crippen molar-refractivity contribution in [3.05, 3.63) is 64.1 Å². The Morgan fingerprint density at radius 1 is 1.22 bits per heavy atom. The maximum atomic E-state index is 11.8. The van der Waals surface area contributed by atoms with Crippen LogP contribution in [0.3, 0.4) is 0 Å². The molecule has 2 aromatic carbocycles. The van der Waals surface area contributed by atoms with Crippen molar-refractivity contribution in [2.45, 2.75) is 6.61 Å². The van der Waals surface area contributed by atoms with Gasteiger partial charge in [0, 0.05) is 0 Å². The molecule has 0 radical (unpaired) electrons. The van der Waals surface area contributed by atoms with Crippen molar-refractivity contribution >= 4 is 46.3 Å².